The molecule has 7 heteroatoms. The molecular weight excluding hydrogens is 459 g/mol. The fourth-order valence-corrected chi connectivity index (χ4v) is 4.27. The molecule has 1 aromatic heterocycles. The minimum Gasteiger partial charge on any atom is -0.376 e. The van der Waals surface area contributed by atoms with Crippen molar-refractivity contribution in [3.8, 4) is 0 Å². The molecule has 2 unspecified atom stereocenters. The number of aliphatic imine (C=N–C) groups is 1. The molecule has 1 aliphatic heterocycles. The third kappa shape index (κ3) is 6.21. The predicted molar refractivity (Wildman–Crippen MR) is 121 cm³/mol. The van der Waals surface area contributed by atoms with E-state index in [2.05, 4.69) is 59.0 Å². The van der Waals surface area contributed by atoms with Gasteiger partial charge in [0.05, 0.1) is 25.3 Å². The lowest BCUT2D eigenvalue weighted by Crippen LogP contribution is -2.45. The van der Waals surface area contributed by atoms with Gasteiger partial charge in [0, 0.05) is 30.6 Å². The van der Waals surface area contributed by atoms with Crippen LogP contribution in [0.15, 0.2) is 34.7 Å². The van der Waals surface area contributed by atoms with Crippen LogP contribution in [0.5, 0.6) is 0 Å². The number of nitrogens with zero attached hydrogens (tertiary/aromatic N) is 2. The van der Waals surface area contributed by atoms with Gasteiger partial charge in [0.15, 0.2) is 5.96 Å². The summed E-state index contributed by atoms with van der Waals surface area (Å²) in [5.41, 5.74) is 0. The molecule has 3 rings (SSSR count). The maximum absolute atomic E-state index is 5.72. The summed E-state index contributed by atoms with van der Waals surface area (Å²) in [5, 5.41) is 9.12. The maximum atomic E-state index is 5.72. The van der Waals surface area contributed by atoms with Crippen LogP contribution in [0.4, 0.5) is 0 Å². The van der Waals surface area contributed by atoms with Crippen molar-refractivity contribution in [1.29, 1.82) is 0 Å². The van der Waals surface area contributed by atoms with Gasteiger partial charge >= 0.3 is 0 Å². The molecule has 26 heavy (non-hydrogen) atoms. The quantitative estimate of drug-likeness (QED) is 0.278. The van der Waals surface area contributed by atoms with E-state index >= 15 is 0 Å². The molecule has 2 aliphatic rings. The number of halogens is 1. The van der Waals surface area contributed by atoms with Crippen LogP contribution in [-0.2, 0) is 4.74 Å². The molecule has 1 saturated heterocycles. The number of guanidine groups is 1. The van der Waals surface area contributed by atoms with Crippen molar-refractivity contribution in [2.75, 3.05) is 32.8 Å². The molecule has 0 amide bonds. The average molecular weight is 490 g/mol. The topological polar surface area (TPSA) is 48.9 Å². The molecule has 2 heterocycles. The molecule has 0 saturated carbocycles. The summed E-state index contributed by atoms with van der Waals surface area (Å²) < 4.78 is 5.72. The Kier molecular flexibility index (Phi) is 9.38. The zero-order valence-electron chi connectivity index (χ0n) is 15.7. The van der Waals surface area contributed by atoms with Crippen LogP contribution in [0.2, 0.25) is 0 Å². The lowest BCUT2D eigenvalue weighted by molar-refractivity contribution is -0.0327. The highest BCUT2D eigenvalue weighted by atomic mass is 127. The minimum atomic E-state index is 0. The molecule has 0 aromatic carbocycles. The van der Waals surface area contributed by atoms with Crippen LogP contribution in [0.1, 0.15) is 37.6 Å². The highest BCUT2D eigenvalue weighted by Gasteiger charge is 2.26. The Morgan fingerprint density at radius 2 is 2.23 bits per heavy atom. The van der Waals surface area contributed by atoms with Gasteiger partial charge in [-0.1, -0.05) is 18.2 Å². The first-order valence-corrected chi connectivity index (χ1v) is 10.2. The van der Waals surface area contributed by atoms with Gasteiger partial charge in [-0.3, -0.25) is 9.89 Å². The van der Waals surface area contributed by atoms with Crippen molar-refractivity contribution in [1.82, 2.24) is 15.5 Å². The fraction of sp³-hybridized carbons (Fsp3) is 0.632. The van der Waals surface area contributed by atoms with Gasteiger partial charge in [-0.05, 0) is 38.1 Å². The second kappa shape index (κ2) is 11.3. The van der Waals surface area contributed by atoms with Gasteiger partial charge in [-0.15, -0.1) is 35.3 Å². The smallest absolute Gasteiger partial charge is 0.191 e. The standard InChI is InChI=1S/C19H30N4OS.HI/c1-3-20-19(22-16-7-4-5-8-16)21-13-17(18-9-6-12-25-18)23-10-11-24-15(2)14-23;/h4-6,9,12,15-17H,3,7-8,10-11,13-14H2,1-2H3,(H2,20,21,22);1H. The second-order valence-corrected chi connectivity index (χ2v) is 7.69. The number of morpholine rings is 1. The van der Waals surface area contributed by atoms with Crippen molar-refractivity contribution < 1.29 is 4.74 Å². The first-order valence-electron chi connectivity index (χ1n) is 9.35. The molecule has 146 valence electrons. The Morgan fingerprint density at radius 1 is 1.42 bits per heavy atom. The lowest BCUT2D eigenvalue weighted by atomic mass is 10.1. The number of hydrogen-bond acceptors (Lipinski definition) is 4. The van der Waals surface area contributed by atoms with E-state index in [-0.39, 0.29) is 30.1 Å². The van der Waals surface area contributed by atoms with Crippen molar-refractivity contribution in [3.63, 3.8) is 0 Å². The molecule has 2 N–H and O–H groups in total. The first-order chi connectivity index (χ1) is 12.3. The Balaban J connectivity index is 0.00000243. The summed E-state index contributed by atoms with van der Waals surface area (Å²) in [6, 6.07) is 5.16. The van der Waals surface area contributed by atoms with Gasteiger partial charge in [-0.2, -0.15) is 0 Å². The Bertz CT molecular complexity index is 570. The lowest BCUT2D eigenvalue weighted by Gasteiger charge is -2.36. The maximum Gasteiger partial charge on any atom is 0.191 e. The SMILES string of the molecule is CCNC(=NCC(c1cccs1)N1CCOC(C)C1)NC1CC=CC1.I. The van der Waals surface area contributed by atoms with Crippen LogP contribution in [0.25, 0.3) is 0 Å². The van der Waals surface area contributed by atoms with E-state index in [1.807, 2.05) is 11.3 Å². The van der Waals surface area contributed by atoms with Gasteiger partial charge in [0.2, 0.25) is 0 Å². The summed E-state index contributed by atoms with van der Waals surface area (Å²) in [6.45, 7) is 8.66. The Hall–Kier alpha value is -0.640. The molecular formula is C19H31IN4OS. The third-order valence-corrected chi connectivity index (χ3v) is 5.67. The molecule has 0 radical (unpaired) electrons. The van der Waals surface area contributed by atoms with Gasteiger partial charge in [-0.25, -0.2) is 0 Å². The van der Waals surface area contributed by atoms with Crippen molar-refractivity contribution in [2.45, 2.75) is 44.9 Å². The summed E-state index contributed by atoms with van der Waals surface area (Å²) in [6.07, 6.45) is 6.94. The first kappa shape index (κ1) is 21.7. The van der Waals surface area contributed by atoms with Crippen LogP contribution in [-0.4, -0.2) is 55.8 Å². The van der Waals surface area contributed by atoms with Crippen LogP contribution in [0.3, 0.4) is 0 Å². The molecule has 0 bridgehead atoms. The van der Waals surface area contributed by atoms with E-state index in [1.54, 1.807) is 0 Å². The van der Waals surface area contributed by atoms with Gasteiger partial charge in [0.1, 0.15) is 0 Å². The van der Waals surface area contributed by atoms with Crippen LogP contribution >= 0.6 is 35.3 Å². The average Bonchev–Trinajstić information content (AvgIpc) is 3.29. The van der Waals surface area contributed by atoms with Gasteiger partial charge in [0.25, 0.3) is 0 Å². The van der Waals surface area contributed by atoms with E-state index in [1.165, 1.54) is 4.88 Å². The molecule has 5 nitrogen and oxygen atoms in total. The second-order valence-electron chi connectivity index (χ2n) is 6.71. The zero-order chi connectivity index (χ0) is 17.5. The third-order valence-electron chi connectivity index (χ3n) is 4.70. The molecule has 1 fully saturated rings. The van der Waals surface area contributed by atoms with E-state index < -0.39 is 0 Å². The monoisotopic (exact) mass is 490 g/mol. The normalized spacial score (nSPS) is 22.8. The number of rotatable bonds is 6. The molecule has 1 aliphatic carbocycles. The van der Waals surface area contributed by atoms with Crippen molar-refractivity contribution in [2.24, 2.45) is 4.99 Å². The summed E-state index contributed by atoms with van der Waals surface area (Å²) >= 11 is 1.82. The highest BCUT2D eigenvalue weighted by Crippen LogP contribution is 2.27. The fourth-order valence-electron chi connectivity index (χ4n) is 3.42. The van der Waals surface area contributed by atoms with E-state index in [4.69, 9.17) is 9.73 Å². The Labute approximate surface area is 178 Å². The van der Waals surface area contributed by atoms with E-state index in [0.29, 0.717) is 12.1 Å². The summed E-state index contributed by atoms with van der Waals surface area (Å²) in [4.78, 5) is 8.83. The number of thiophene rings is 1. The van der Waals surface area contributed by atoms with Crippen LogP contribution in [0, 0.1) is 0 Å². The number of ether oxygens (including phenoxy) is 1. The van der Waals surface area contributed by atoms with Crippen molar-refractivity contribution >= 4 is 41.3 Å². The van der Waals surface area contributed by atoms with Crippen LogP contribution < -0.4 is 10.6 Å². The number of nitrogens with one attached hydrogen (secondary N) is 2. The molecule has 0 spiro atoms. The zero-order valence-corrected chi connectivity index (χ0v) is 18.8. The largest absolute Gasteiger partial charge is 0.376 e. The highest BCUT2D eigenvalue weighted by molar-refractivity contribution is 14.0. The summed E-state index contributed by atoms with van der Waals surface area (Å²) in [7, 11) is 0. The molecule has 2 atom stereocenters. The minimum absolute atomic E-state index is 0. The van der Waals surface area contributed by atoms with E-state index in [9.17, 15) is 0 Å². The van der Waals surface area contributed by atoms with Crippen molar-refractivity contribution in [3.05, 3.63) is 34.5 Å². The number of hydrogen-bond donors (Lipinski definition) is 2. The van der Waals surface area contributed by atoms with E-state index in [0.717, 1.165) is 51.6 Å². The molecule has 1 aromatic rings. The van der Waals surface area contributed by atoms with Gasteiger partial charge < -0.3 is 15.4 Å². The summed E-state index contributed by atoms with van der Waals surface area (Å²) in [5.74, 6) is 0.930. The predicted octanol–water partition coefficient (Wildman–Crippen LogP) is 3.40. The Morgan fingerprint density at radius 3 is 2.88 bits per heavy atom.